The van der Waals surface area contributed by atoms with Crippen LogP contribution in [0.3, 0.4) is 0 Å². The highest BCUT2D eigenvalue weighted by Crippen LogP contribution is 2.28. The zero-order chi connectivity index (χ0) is 18.5. The van der Waals surface area contributed by atoms with Gasteiger partial charge in [-0.1, -0.05) is 30.7 Å². The molecule has 0 N–H and O–H groups in total. The van der Waals surface area contributed by atoms with Crippen molar-refractivity contribution >= 4 is 35.0 Å². The van der Waals surface area contributed by atoms with Crippen LogP contribution in [0.5, 0.6) is 0 Å². The van der Waals surface area contributed by atoms with Crippen LogP contribution in [0.1, 0.15) is 13.3 Å². The van der Waals surface area contributed by atoms with Gasteiger partial charge < -0.3 is 9.80 Å². The molecule has 0 bridgehead atoms. The molecule has 0 saturated carbocycles. The Morgan fingerprint density at radius 3 is 2.38 bits per heavy atom. The minimum absolute atomic E-state index is 0.115. The first kappa shape index (κ1) is 19.1. The Morgan fingerprint density at radius 1 is 1.12 bits per heavy atom. The van der Waals surface area contributed by atoms with E-state index in [0.29, 0.717) is 36.9 Å². The molecule has 3 nitrogen and oxygen atoms in total. The summed E-state index contributed by atoms with van der Waals surface area (Å²) in [4.78, 5) is 17.8. The maximum atomic E-state index is 13.9. The van der Waals surface area contributed by atoms with Gasteiger partial charge in [-0.2, -0.15) is 0 Å². The van der Waals surface area contributed by atoms with Crippen molar-refractivity contribution in [1.29, 1.82) is 0 Å². The van der Waals surface area contributed by atoms with Crippen molar-refractivity contribution < 1.29 is 9.18 Å². The Bertz CT molecular complexity index is 748. The van der Waals surface area contributed by atoms with Crippen LogP contribution in [0, 0.1) is 5.82 Å². The van der Waals surface area contributed by atoms with Gasteiger partial charge in [0, 0.05) is 36.1 Å². The summed E-state index contributed by atoms with van der Waals surface area (Å²) in [7, 11) is 0. The average Bonchev–Trinajstić information content (AvgIpc) is 2.67. The molecule has 2 aromatic rings. The van der Waals surface area contributed by atoms with E-state index in [1.54, 1.807) is 23.9 Å². The third-order valence-electron chi connectivity index (χ3n) is 4.52. The summed E-state index contributed by atoms with van der Waals surface area (Å²) < 4.78 is 13.9. The fraction of sp³-hybridized carbons (Fsp3) is 0.350. The van der Waals surface area contributed by atoms with E-state index in [9.17, 15) is 9.18 Å². The van der Waals surface area contributed by atoms with Crippen molar-refractivity contribution in [3.8, 4) is 0 Å². The minimum Gasteiger partial charge on any atom is -0.366 e. The van der Waals surface area contributed by atoms with Gasteiger partial charge in [0.25, 0.3) is 0 Å². The number of para-hydroxylation sites is 1. The molecule has 1 saturated heterocycles. The second-order valence-electron chi connectivity index (χ2n) is 6.23. The molecule has 0 aromatic heterocycles. The molecule has 1 aliphatic rings. The second-order valence-corrected chi connectivity index (χ2v) is 7.94. The molecule has 2 aromatic carbocycles. The summed E-state index contributed by atoms with van der Waals surface area (Å²) >= 11 is 7.50. The molecule has 0 spiro atoms. The predicted octanol–water partition coefficient (Wildman–Crippen LogP) is 4.70. The van der Waals surface area contributed by atoms with Gasteiger partial charge in [-0.05, 0) is 42.8 Å². The number of benzene rings is 2. The Labute approximate surface area is 163 Å². The van der Waals surface area contributed by atoms with Crippen LogP contribution in [0.15, 0.2) is 53.4 Å². The summed E-state index contributed by atoms with van der Waals surface area (Å²) in [5.41, 5.74) is 0.613. The lowest BCUT2D eigenvalue weighted by molar-refractivity contribution is -0.130. The number of hydrogen-bond donors (Lipinski definition) is 0. The Kier molecular flexibility index (Phi) is 6.43. The van der Waals surface area contributed by atoms with Gasteiger partial charge >= 0.3 is 0 Å². The molecule has 6 heteroatoms. The van der Waals surface area contributed by atoms with Crippen molar-refractivity contribution in [1.82, 2.24) is 4.90 Å². The van der Waals surface area contributed by atoms with Gasteiger partial charge in [0.05, 0.1) is 10.9 Å². The lowest BCUT2D eigenvalue weighted by Crippen LogP contribution is -2.51. The first-order valence-corrected chi connectivity index (χ1v) is 10.0. The smallest absolute Gasteiger partial charge is 0.236 e. The van der Waals surface area contributed by atoms with Crippen molar-refractivity contribution in [2.75, 3.05) is 31.1 Å². The number of carbonyl (C=O) groups excluding carboxylic acids is 1. The largest absolute Gasteiger partial charge is 0.366 e. The zero-order valence-electron chi connectivity index (χ0n) is 14.7. The number of anilines is 1. The number of halogens is 2. The van der Waals surface area contributed by atoms with Crippen molar-refractivity contribution in [3.63, 3.8) is 0 Å². The predicted molar refractivity (Wildman–Crippen MR) is 107 cm³/mol. The number of piperazine rings is 1. The standard InChI is InChI=1S/C20H22ClFN2OS/c1-2-19(26-16-9-7-15(21)8-10-16)20(25)24-13-11-23(12-14-24)18-6-4-3-5-17(18)22/h3-10,19H,2,11-14H2,1H3/t19-/m0/s1. The summed E-state index contributed by atoms with van der Waals surface area (Å²) in [5, 5.41) is 0.578. The highest BCUT2D eigenvalue weighted by atomic mass is 35.5. The third-order valence-corrected chi connectivity index (χ3v) is 6.14. The van der Waals surface area contributed by atoms with Crippen LogP contribution in [0.25, 0.3) is 0 Å². The number of thioether (sulfide) groups is 1. The molecule has 1 heterocycles. The lowest BCUT2D eigenvalue weighted by Gasteiger charge is -2.37. The fourth-order valence-corrected chi connectivity index (χ4v) is 4.23. The van der Waals surface area contributed by atoms with E-state index >= 15 is 0 Å². The van der Waals surface area contributed by atoms with Crippen LogP contribution >= 0.6 is 23.4 Å². The van der Waals surface area contributed by atoms with Crippen LogP contribution < -0.4 is 4.90 Å². The highest BCUT2D eigenvalue weighted by molar-refractivity contribution is 8.00. The molecule has 0 unspecified atom stereocenters. The van der Waals surface area contributed by atoms with Crippen LogP contribution in [-0.2, 0) is 4.79 Å². The molecular formula is C20H22ClFN2OS. The van der Waals surface area contributed by atoms with Gasteiger partial charge in [0.15, 0.2) is 0 Å². The number of amides is 1. The van der Waals surface area contributed by atoms with E-state index < -0.39 is 0 Å². The molecule has 26 heavy (non-hydrogen) atoms. The van der Waals surface area contributed by atoms with E-state index in [1.807, 2.05) is 47.1 Å². The van der Waals surface area contributed by atoms with E-state index in [-0.39, 0.29) is 17.0 Å². The molecule has 3 rings (SSSR count). The topological polar surface area (TPSA) is 23.6 Å². The van der Waals surface area contributed by atoms with Crippen molar-refractivity contribution in [2.45, 2.75) is 23.5 Å². The number of rotatable bonds is 5. The number of carbonyl (C=O) groups is 1. The third kappa shape index (κ3) is 4.51. The van der Waals surface area contributed by atoms with Gasteiger partial charge in [0.1, 0.15) is 5.82 Å². The molecular weight excluding hydrogens is 371 g/mol. The fourth-order valence-electron chi connectivity index (χ4n) is 3.07. The molecule has 0 aliphatic carbocycles. The molecule has 1 fully saturated rings. The van der Waals surface area contributed by atoms with Crippen LogP contribution in [-0.4, -0.2) is 42.2 Å². The minimum atomic E-state index is -0.211. The van der Waals surface area contributed by atoms with E-state index in [0.717, 1.165) is 11.3 Å². The molecule has 1 aliphatic heterocycles. The summed E-state index contributed by atoms with van der Waals surface area (Å²) in [6.07, 6.45) is 0.764. The van der Waals surface area contributed by atoms with E-state index in [4.69, 9.17) is 11.6 Å². The maximum Gasteiger partial charge on any atom is 0.236 e. The normalized spacial score (nSPS) is 15.8. The Morgan fingerprint density at radius 2 is 1.77 bits per heavy atom. The van der Waals surface area contributed by atoms with Gasteiger partial charge in [-0.15, -0.1) is 11.8 Å². The number of hydrogen-bond acceptors (Lipinski definition) is 3. The number of nitrogens with zero attached hydrogens (tertiary/aromatic N) is 2. The molecule has 1 atom stereocenters. The summed E-state index contributed by atoms with van der Waals surface area (Å²) in [6.45, 7) is 4.56. The molecule has 138 valence electrons. The first-order valence-electron chi connectivity index (χ1n) is 8.79. The summed E-state index contributed by atoms with van der Waals surface area (Å²) in [5.74, 6) is -0.0577. The Hall–Kier alpha value is -1.72. The quantitative estimate of drug-likeness (QED) is 0.689. The van der Waals surface area contributed by atoms with E-state index in [2.05, 4.69) is 0 Å². The highest BCUT2D eigenvalue weighted by Gasteiger charge is 2.27. The van der Waals surface area contributed by atoms with Crippen LogP contribution in [0.2, 0.25) is 5.02 Å². The van der Waals surface area contributed by atoms with Gasteiger partial charge in [0.2, 0.25) is 5.91 Å². The van der Waals surface area contributed by atoms with Crippen LogP contribution in [0.4, 0.5) is 10.1 Å². The summed E-state index contributed by atoms with van der Waals surface area (Å²) in [6, 6.07) is 14.4. The SMILES string of the molecule is CC[C@H](Sc1ccc(Cl)cc1)C(=O)N1CCN(c2ccccc2F)CC1. The first-order chi connectivity index (χ1) is 12.6. The van der Waals surface area contributed by atoms with Gasteiger partial charge in [-0.25, -0.2) is 4.39 Å². The monoisotopic (exact) mass is 392 g/mol. The van der Waals surface area contributed by atoms with Crippen molar-refractivity contribution in [3.05, 3.63) is 59.4 Å². The maximum absolute atomic E-state index is 13.9. The Balaban J connectivity index is 1.59. The lowest BCUT2D eigenvalue weighted by atomic mass is 10.2. The second kappa shape index (κ2) is 8.78. The molecule has 1 amide bonds. The molecule has 0 radical (unpaired) electrons. The van der Waals surface area contributed by atoms with Gasteiger partial charge in [-0.3, -0.25) is 4.79 Å². The average molecular weight is 393 g/mol. The van der Waals surface area contributed by atoms with Crippen molar-refractivity contribution in [2.24, 2.45) is 0 Å². The van der Waals surface area contributed by atoms with E-state index in [1.165, 1.54) is 6.07 Å². The zero-order valence-corrected chi connectivity index (χ0v) is 16.3.